The van der Waals surface area contributed by atoms with E-state index in [1.807, 2.05) is 24.3 Å². The number of allylic oxidation sites excluding steroid dienone is 1. The van der Waals surface area contributed by atoms with Crippen LogP contribution in [0.5, 0.6) is 5.75 Å². The Morgan fingerprint density at radius 1 is 1.05 bits per heavy atom. The summed E-state index contributed by atoms with van der Waals surface area (Å²) in [7, 11) is -0.311. The maximum atomic E-state index is 6.07. The van der Waals surface area contributed by atoms with Gasteiger partial charge < -0.3 is 14.0 Å². The Bertz CT molecular complexity index is 532. The van der Waals surface area contributed by atoms with Gasteiger partial charge in [-0.2, -0.15) is 0 Å². The standard InChI is InChI=1S/C18H25BO3/c1-17(2)18(3,4)22-19(21-17)14-10-12-16(13-11-14)20-15-8-6-5-7-9-15/h6,8,10-13,15H,5,7,9H2,1-4H3. The molecule has 0 amide bonds. The zero-order chi connectivity index (χ0) is 15.8. The predicted octanol–water partition coefficient (Wildman–Crippen LogP) is 3.47. The fourth-order valence-electron chi connectivity index (χ4n) is 2.74. The minimum Gasteiger partial charge on any atom is -0.486 e. The molecular weight excluding hydrogens is 275 g/mol. The Morgan fingerprint density at radius 3 is 2.23 bits per heavy atom. The highest BCUT2D eigenvalue weighted by Crippen LogP contribution is 2.36. The van der Waals surface area contributed by atoms with Crippen LogP contribution in [0, 0.1) is 0 Å². The summed E-state index contributed by atoms with van der Waals surface area (Å²) in [6, 6.07) is 8.07. The summed E-state index contributed by atoms with van der Waals surface area (Å²) in [4.78, 5) is 0. The van der Waals surface area contributed by atoms with Gasteiger partial charge in [-0.25, -0.2) is 0 Å². The van der Waals surface area contributed by atoms with Crippen molar-refractivity contribution in [3.8, 4) is 5.75 Å². The average molecular weight is 300 g/mol. The van der Waals surface area contributed by atoms with Gasteiger partial charge >= 0.3 is 7.12 Å². The smallest absolute Gasteiger partial charge is 0.486 e. The summed E-state index contributed by atoms with van der Waals surface area (Å²) in [5.74, 6) is 0.900. The van der Waals surface area contributed by atoms with Crippen molar-refractivity contribution in [2.45, 2.75) is 64.3 Å². The second kappa shape index (κ2) is 5.75. The Balaban J connectivity index is 1.67. The Kier molecular flexibility index (Phi) is 4.08. The Hall–Kier alpha value is -1.26. The van der Waals surface area contributed by atoms with Crippen LogP contribution in [0.2, 0.25) is 0 Å². The third kappa shape index (κ3) is 3.08. The van der Waals surface area contributed by atoms with Gasteiger partial charge in [0.1, 0.15) is 11.9 Å². The molecule has 0 N–H and O–H groups in total. The topological polar surface area (TPSA) is 27.7 Å². The molecule has 22 heavy (non-hydrogen) atoms. The average Bonchev–Trinajstić information content (AvgIpc) is 2.69. The summed E-state index contributed by atoms with van der Waals surface area (Å²) in [6.07, 6.45) is 8.03. The minimum atomic E-state index is -0.311. The van der Waals surface area contributed by atoms with E-state index in [9.17, 15) is 0 Å². The van der Waals surface area contributed by atoms with E-state index in [4.69, 9.17) is 14.0 Å². The van der Waals surface area contributed by atoms with Crippen LogP contribution >= 0.6 is 0 Å². The number of benzene rings is 1. The number of hydrogen-bond donors (Lipinski definition) is 0. The molecule has 1 saturated heterocycles. The van der Waals surface area contributed by atoms with Crippen LogP contribution in [-0.2, 0) is 9.31 Å². The van der Waals surface area contributed by atoms with Crippen molar-refractivity contribution in [3.63, 3.8) is 0 Å². The van der Waals surface area contributed by atoms with E-state index in [0.29, 0.717) is 0 Å². The lowest BCUT2D eigenvalue weighted by atomic mass is 9.79. The third-order valence-corrected chi connectivity index (χ3v) is 4.90. The summed E-state index contributed by atoms with van der Waals surface area (Å²) in [5.41, 5.74) is 0.421. The van der Waals surface area contributed by atoms with Gasteiger partial charge in [0, 0.05) is 0 Å². The first-order chi connectivity index (χ1) is 10.4. The second-order valence-corrected chi connectivity index (χ2v) is 7.17. The predicted molar refractivity (Wildman–Crippen MR) is 89.6 cm³/mol. The van der Waals surface area contributed by atoms with E-state index in [1.54, 1.807) is 0 Å². The highest BCUT2D eigenvalue weighted by Gasteiger charge is 2.51. The van der Waals surface area contributed by atoms with Crippen molar-refractivity contribution in [1.82, 2.24) is 0 Å². The van der Waals surface area contributed by atoms with Crippen molar-refractivity contribution in [2.24, 2.45) is 0 Å². The highest BCUT2D eigenvalue weighted by atomic mass is 16.7. The van der Waals surface area contributed by atoms with E-state index in [-0.39, 0.29) is 24.4 Å². The lowest BCUT2D eigenvalue weighted by Crippen LogP contribution is -2.41. The summed E-state index contributed by atoms with van der Waals surface area (Å²) >= 11 is 0. The van der Waals surface area contributed by atoms with Crippen molar-refractivity contribution in [2.75, 3.05) is 0 Å². The molecule has 0 spiro atoms. The summed E-state index contributed by atoms with van der Waals surface area (Å²) in [5, 5.41) is 0. The lowest BCUT2D eigenvalue weighted by Gasteiger charge is -2.32. The summed E-state index contributed by atoms with van der Waals surface area (Å²) in [6.45, 7) is 8.28. The van der Waals surface area contributed by atoms with Crippen LogP contribution in [-0.4, -0.2) is 24.4 Å². The molecule has 1 heterocycles. The van der Waals surface area contributed by atoms with Gasteiger partial charge in [0.25, 0.3) is 0 Å². The fourth-order valence-corrected chi connectivity index (χ4v) is 2.74. The molecule has 3 rings (SSSR count). The Labute approximate surface area is 133 Å². The van der Waals surface area contributed by atoms with E-state index < -0.39 is 0 Å². The minimum absolute atomic E-state index is 0.205. The zero-order valence-corrected chi connectivity index (χ0v) is 14.0. The van der Waals surface area contributed by atoms with Gasteiger partial charge in [0.15, 0.2) is 0 Å². The summed E-state index contributed by atoms with van der Waals surface area (Å²) < 4.78 is 18.1. The van der Waals surface area contributed by atoms with E-state index in [1.165, 1.54) is 12.8 Å². The number of ether oxygens (including phenoxy) is 1. The molecule has 1 unspecified atom stereocenters. The van der Waals surface area contributed by atoms with Crippen molar-refractivity contribution in [1.29, 1.82) is 0 Å². The van der Waals surface area contributed by atoms with Crippen molar-refractivity contribution < 1.29 is 14.0 Å². The van der Waals surface area contributed by atoms with Crippen LogP contribution in [0.1, 0.15) is 47.0 Å². The maximum absolute atomic E-state index is 6.07. The van der Waals surface area contributed by atoms with E-state index in [0.717, 1.165) is 17.6 Å². The molecule has 2 aliphatic rings. The molecule has 1 aliphatic heterocycles. The molecule has 118 valence electrons. The largest absolute Gasteiger partial charge is 0.494 e. The van der Waals surface area contributed by atoms with Gasteiger partial charge in [-0.15, -0.1) is 0 Å². The highest BCUT2D eigenvalue weighted by molar-refractivity contribution is 6.62. The van der Waals surface area contributed by atoms with Gasteiger partial charge in [-0.05, 0) is 70.6 Å². The third-order valence-electron chi connectivity index (χ3n) is 4.90. The molecule has 1 aromatic rings. The second-order valence-electron chi connectivity index (χ2n) is 7.17. The quantitative estimate of drug-likeness (QED) is 0.632. The van der Waals surface area contributed by atoms with Gasteiger partial charge in [0.2, 0.25) is 0 Å². The molecule has 4 heteroatoms. The van der Waals surface area contributed by atoms with E-state index >= 15 is 0 Å². The molecule has 0 bridgehead atoms. The van der Waals surface area contributed by atoms with Crippen LogP contribution in [0.3, 0.4) is 0 Å². The molecule has 0 radical (unpaired) electrons. The molecule has 1 aliphatic carbocycles. The monoisotopic (exact) mass is 300 g/mol. The molecule has 1 fully saturated rings. The first kappa shape index (κ1) is 15.6. The van der Waals surface area contributed by atoms with Crippen LogP contribution in [0.15, 0.2) is 36.4 Å². The fraction of sp³-hybridized carbons (Fsp3) is 0.556. The molecule has 1 aromatic carbocycles. The van der Waals surface area contributed by atoms with Gasteiger partial charge in [0.05, 0.1) is 11.2 Å². The molecule has 0 saturated carbocycles. The van der Waals surface area contributed by atoms with E-state index in [2.05, 4.69) is 39.8 Å². The van der Waals surface area contributed by atoms with Crippen LogP contribution in [0.25, 0.3) is 0 Å². The van der Waals surface area contributed by atoms with Crippen LogP contribution < -0.4 is 10.2 Å². The first-order valence-corrected chi connectivity index (χ1v) is 8.16. The molecule has 0 aromatic heterocycles. The van der Waals surface area contributed by atoms with Crippen molar-refractivity contribution in [3.05, 3.63) is 36.4 Å². The van der Waals surface area contributed by atoms with Crippen LogP contribution in [0.4, 0.5) is 0 Å². The zero-order valence-electron chi connectivity index (χ0n) is 14.0. The van der Waals surface area contributed by atoms with Gasteiger partial charge in [-0.1, -0.05) is 18.2 Å². The SMILES string of the molecule is CC1(C)OB(c2ccc(OC3C=CCCC3)cc2)OC1(C)C. The van der Waals surface area contributed by atoms with Gasteiger partial charge in [-0.3, -0.25) is 0 Å². The normalized spacial score (nSPS) is 26.2. The molecular formula is C18H25BO3. The lowest BCUT2D eigenvalue weighted by molar-refractivity contribution is 0.00578. The van der Waals surface area contributed by atoms with Crippen molar-refractivity contribution >= 4 is 12.6 Å². The molecule has 1 atom stereocenters. The number of hydrogen-bond acceptors (Lipinski definition) is 3. The Morgan fingerprint density at radius 2 is 1.68 bits per heavy atom. The first-order valence-electron chi connectivity index (χ1n) is 8.16. The maximum Gasteiger partial charge on any atom is 0.494 e. The molecule has 3 nitrogen and oxygen atoms in total. The number of rotatable bonds is 3.